The molecule has 27 heavy (non-hydrogen) atoms. The van der Waals surface area contributed by atoms with Gasteiger partial charge >= 0.3 is 0 Å². The van der Waals surface area contributed by atoms with Crippen LogP contribution < -0.4 is 5.73 Å². The fraction of sp³-hybridized carbons (Fsp3) is 1.00. The predicted octanol–water partition coefficient (Wildman–Crippen LogP) is -5.02. The zero-order valence-electron chi connectivity index (χ0n) is 14.6. The molecule has 9 N–H and O–H groups in total. The molecule has 10 atom stereocenters. The minimum absolute atomic E-state index is 0.168. The fourth-order valence-corrected chi connectivity index (χ4v) is 2.98. The van der Waals surface area contributed by atoms with Crippen molar-refractivity contribution in [2.45, 2.75) is 67.8 Å². The third kappa shape index (κ3) is 5.12. The second kappa shape index (κ2) is 10.3. The summed E-state index contributed by atoms with van der Waals surface area (Å²) in [6.07, 6.45) is -14.0. The summed E-state index contributed by atoms with van der Waals surface area (Å²) >= 11 is 0. The number of ether oxygens (including phenoxy) is 4. The van der Waals surface area contributed by atoms with Crippen LogP contribution in [-0.4, -0.2) is 124 Å². The molecule has 4 unspecified atom stereocenters. The predicted molar refractivity (Wildman–Crippen MR) is 86.0 cm³/mol. The maximum Gasteiger partial charge on any atom is 0.187 e. The first-order valence-corrected chi connectivity index (χ1v) is 8.75. The summed E-state index contributed by atoms with van der Waals surface area (Å²) in [7, 11) is 0. The van der Waals surface area contributed by atoms with Crippen molar-refractivity contribution in [1.82, 2.24) is 0 Å². The summed E-state index contributed by atoms with van der Waals surface area (Å²) in [6.45, 7) is -0.737. The molecule has 0 aromatic carbocycles. The standard InChI is InChI=1S/C15H29NO11/c16-2-1-3-24-14-12(23)10(21)13(7(5-18)26-14)27-15-11(22)9(20)8(19)6(4-17)25-15/h6-15,17-23H,1-5,16H2/t6?,7?,8-,9-,10+,11?,12?,13+,14+,15-/m0/s1. The molecule has 0 bridgehead atoms. The van der Waals surface area contributed by atoms with E-state index in [1.54, 1.807) is 0 Å². The minimum atomic E-state index is -1.70. The fourth-order valence-electron chi connectivity index (χ4n) is 2.98. The lowest BCUT2D eigenvalue weighted by atomic mass is 9.97. The van der Waals surface area contributed by atoms with E-state index in [4.69, 9.17) is 24.7 Å². The second-order valence-electron chi connectivity index (χ2n) is 6.52. The molecule has 0 aromatic heterocycles. The lowest BCUT2D eigenvalue weighted by Gasteiger charge is -2.45. The van der Waals surface area contributed by atoms with Crippen molar-refractivity contribution in [3.8, 4) is 0 Å². The Balaban J connectivity index is 2.06. The highest BCUT2D eigenvalue weighted by atomic mass is 16.7. The van der Waals surface area contributed by atoms with E-state index in [-0.39, 0.29) is 6.61 Å². The number of aliphatic hydroxyl groups excluding tert-OH is 7. The lowest BCUT2D eigenvalue weighted by molar-refractivity contribution is -0.359. The maximum atomic E-state index is 10.4. The van der Waals surface area contributed by atoms with Gasteiger partial charge in [0.25, 0.3) is 0 Å². The topological polar surface area (TPSA) is 205 Å². The quantitative estimate of drug-likeness (QED) is 0.181. The Bertz CT molecular complexity index is 440. The zero-order chi connectivity index (χ0) is 20.1. The molecular weight excluding hydrogens is 370 g/mol. The smallest absolute Gasteiger partial charge is 0.187 e. The van der Waals surface area contributed by atoms with Crippen LogP contribution in [0.1, 0.15) is 6.42 Å². The van der Waals surface area contributed by atoms with Gasteiger partial charge in [-0.1, -0.05) is 0 Å². The molecule has 0 amide bonds. The monoisotopic (exact) mass is 399 g/mol. The molecule has 2 aliphatic heterocycles. The van der Waals surface area contributed by atoms with E-state index in [2.05, 4.69) is 0 Å². The largest absolute Gasteiger partial charge is 0.394 e. The first kappa shape index (κ1) is 22.8. The highest BCUT2D eigenvalue weighted by Crippen LogP contribution is 2.29. The van der Waals surface area contributed by atoms with Gasteiger partial charge in [-0.3, -0.25) is 0 Å². The normalized spacial score (nSPS) is 45.8. The van der Waals surface area contributed by atoms with E-state index < -0.39 is 74.6 Å². The van der Waals surface area contributed by atoms with Crippen LogP contribution in [0.2, 0.25) is 0 Å². The van der Waals surface area contributed by atoms with Crippen LogP contribution in [0.5, 0.6) is 0 Å². The number of nitrogens with two attached hydrogens (primary N) is 1. The number of aliphatic hydroxyl groups is 7. The number of rotatable bonds is 8. The van der Waals surface area contributed by atoms with E-state index in [1.165, 1.54) is 0 Å². The molecule has 12 nitrogen and oxygen atoms in total. The maximum absolute atomic E-state index is 10.4. The third-order valence-electron chi connectivity index (χ3n) is 4.59. The van der Waals surface area contributed by atoms with Gasteiger partial charge in [-0.15, -0.1) is 0 Å². The second-order valence-corrected chi connectivity index (χ2v) is 6.52. The zero-order valence-corrected chi connectivity index (χ0v) is 14.6. The molecule has 0 spiro atoms. The summed E-state index contributed by atoms with van der Waals surface area (Å²) in [4.78, 5) is 0. The lowest BCUT2D eigenvalue weighted by Crippen LogP contribution is -2.64. The van der Waals surface area contributed by atoms with Crippen LogP contribution in [-0.2, 0) is 18.9 Å². The van der Waals surface area contributed by atoms with E-state index in [1.807, 2.05) is 0 Å². The summed E-state index contributed by atoms with van der Waals surface area (Å²) < 4.78 is 21.3. The van der Waals surface area contributed by atoms with Crippen molar-refractivity contribution in [2.75, 3.05) is 26.4 Å². The van der Waals surface area contributed by atoms with E-state index in [9.17, 15) is 35.7 Å². The van der Waals surface area contributed by atoms with Crippen molar-refractivity contribution in [3.05, 3.63) is 0 Å². The van der Waals surface area contributed by atoms with Crippen molar-refractivity contribution in [1.29, 1.82) is 0 Å². The Morgan fingerprint density at radius 3 is 1.93 bits per heavy atom. The third-order valence-corrected chi connectivity index (χ3v) is 4.59. The highest BCUT2D eigenvalue weighted by molar-refractivity contribution is 4.94. The summed E-state index contributed by atoms with van der Waals surface area (Å²) in [5.41, 5.74) is 5.36. The van der Waals surface area contributed by atoms with Gasteiger partial charge in [0, 0.05) is 0 Å². The Labute approximate surface area is 155 Å². The molecule has 0 aliphatic carbocycles. The highest BCUT2D eigenvalue weighted by Gasteiger charge is 2.50. The van der Waals surface area contributed by atoms with Gasteiger partial charge in [0.15, 0.2) is 12.6 Å². The molecule has 12 heteroatoms. The van der Waals surface area contributed by atoms with Crippen LogP contribution in [0.4, 0.5) is 0 Å². The van der Waals surface area contributed by atoms with Gasteiger partial charge in [-0.25, -0.2) is 0 Å². The molecule has 2 saturated heterocycles. The summed E-state index contributed by atoms with van der Waals surface area (Å²) in [5.74, 6) is 0. The van der Waals surface area contributed by atoms with Crippen LogP contribution in [0.15, 0.2) is 0 Å². The molecule has 2 heterocycles. The molecular formula is C15H29NO11. The first-order valence-electron chi connectivity index (χ1n) is 8.75. The van der Waals surface area contributed by atoms with Gasteiger partial charge < -0.3 is 60.4 Å². The average molecular weight is 399 g/mol. The molecule has 2 rings (SSSR count). The van der Waals surface area contributed by atoms with Crippen molar-refractivity contribution in [2.24, 2.45) is 5.73 Å². The molecule has 0 aromatic rings. The van der Waals surface area contributed by atoms with E-state index in [0.717, 1.165) is 0 Å². The van der Waals surface area contributed by atoms with Gasteiger partial charge in [-0.2, -0.15) is 0 Å². The van der Waals surface area contributed by atoms with Gasteiger partial charge in [-0.05, 0) is 13.0 Å². The average Bonchev–Trinajstić information content (AvgIpc) is 2.67. The summed E-state index contributed by atoms with van der Waals surface area (Å²) in [6, 6.07) is 0. The molecule has 0 saturated carbocycles. The number of hydrogen-bond donors (Lipinski definition) is 8. The van der Waals surface area contributed by atoms with Crippen LogP contribution in [0, 0.1) is 0 Å². The van der Waals surface area contributed by atoms with E-state index in [0.29, 0.717) is 13.0 Å². The molecule has 2 aliphatic rings. The van der Waals surface area contributed by atoms with Crippen LogP contribution in [0.25, 0.3) is 0 Å². The van der Waals surface area contributed by atoms with Crippen molar-refractivity contribution < 1.29 is 54.7 Å². The van der Waals surface area contributed by atoms with Gasteiger partial charge in [0.2, 0.25) is 0 Å². The molecule has 2 fully saturated rings. The Morgan fingerprint density at radius 1 is 0.741 bits per heavy atom. The summed E-state index contributed by atoms with van der Waals surface area (Å²) in [5, 5.41) is 68.9. The SMILES string of the molecule is NCCCO[C@@H]1OC(CO)[C@@H](O[C@@H]2OC(CO)[C@H](O)[C@H](O)C2O)[C@H](O)C1O. The van der Waals surface area contributed by atoms with E-state index >= 15 is 0 Å². The van der Waals surface area contributed by atoms with Gasteiger partial charge in [0.1, 0.15) is 48.8 Å². The Kier molecular flexibility index (Phi) is 8.73. The van der Waals surface area contributed by atoms with Crippen molar-refractivity contribution >= 4 is 0 Å². The Hall–Kier alpha value is -0.480. The first-order chi connectivity index (χ1) is 12.8. The molecule has 0 radical (unpaired) electrons. The van der Waals surface area contributed by atoms with Crippen LogP contribution >= 0.6 is 0 Å². The Morgan fingerprint density at radius 2 is 1.33 bits per heavy atom. The number of hydrogen-bond acceptors (Lipinski definition) is 12. The van der Waals surface area contributed by atoms with Gasteiger partial charge in [0.05, 0.1) is 19.8 Å². The van der Waals surface area contributed by atoms with Crippen molar-refractivity contribution in [3.63, 3.8) is 0 Å². The van der Waals surface area contributed by atoms with Crippen LogP contribution in [0.3, 0.4) is 0 Å². The minimum Gasteiger partial charge on any atom is -0.394 e. The molecule has 160 valence electrons.